The van der Waals surface area contributed by atoms with Gasteiger partial charge < -0.3 is 20.3 Å². The van der Waals surface area contributed by atoms with Crippen LogP contribution in [0.15, 0.2) is 54.6 Å². The van der Waals surface area contributed by atoms with E-state index in [1.54, 1.807) is 41.3 Å². The lowest BCUT2D eigenvalue weighted by Crippen LogP contribution is -2.64. The molecule has 2 aliphatic rings. The molecule has 0 unspecified atom stereocenters. The van der Waals surface area contributed by atoms with Crippen LogP contribution in [-0.4, -0.2) is 55.0 Å². The molecule has 1 fully saturated rings. The molecule has 2 aliphatic heterocycles. The summed E-state index contributed by atoms with van der Waals surface area (Å²) >= 11 is 6.09. The monoisotopic (exact) mass is 471 g/mol. The smallest absolute Gasteiger partial charge is 0.258 e. The summed E-state index contributed by atoms with van der Waals surface area (Å²) in [6.07, 6.45) is 3.70. The number of nitrogens with one attached hydrogen (secondary N) is 2. The second-order valence-corrected chi connectivity index (χ2v) is 8.74. The van der Waals surface area contributed by atoms with Crippen LogP contribution in [0, 0.1) is 5.82 Å². The Morgan fingerprint density at radius 3 is 2.52 bits per heavy atom. The van der Waals surface area contributed by atoms with Crippen LogP contribution >= 0.6 is 11.6 Å². The first-order valence-corrected chi connectivity index (χ1v) is 11.5. The fourth-order valence-corrected chi connectivity index (χ4v) is 4.53. The van der Waals surface area contributed by atoms with Crippen molar-refractivity contribution in [2.75, 3.05) is 32.8 Å². The Kier molecular flexibility index (Phi) is 7.30. The van der Waals surface area contributed by atoms with Crippen LogP contribution in [0.2, 0.25) is 5.02 Å². The Morgan fingerprint density at radius 2 is 1.85 bits per heavy atom. The summed E-state index contributed by atoms with van der Waals surface area (Å²) in [5.41, 5.74) is 1.09. The zero-order valence-corrected chi connectivity index (χ0v) is 19.0. The first kappa shape index (κ1) is 23.3. The van der Waals surface area contributed by atoms with Crippen molar-refractivity contribution in [3.63, 3.8) is 0 Å². The van der Waals surface area contributed by atoms with E-state index in [0.29, 0.717) is 56.2 Å². The molecule has 8 heteroatoms. The Bertz CT molecular complexity index is 1040. The van der Waals surface area contributed by atoms with Gasteiger partial charge in [-0.05, 0) is 67.8 Å². The average Bonchev–Trinajstić information content (AvgIpc) is 2.84. The number of benzene rings is 2. The molecule has 2 heterocycles. The zero-order valence-electron chi connectivity index (χ0n) is 18.3. The third-order valence-electron chi connectivity index (χ3n) is 6.15. The maximum Gasteiger partial charge on any atom is 0.258 e. The highest BCUT2D eigenvalue weighted by Crippen LogP contribution is 2.27. The van der Waals surface area contributed by atoms with E-state index in [1.807, 2.05) is 6.08 Å². The second kappa shape index (κ2) is 10.4. The van der Waals surface area contributed by atoms with E-state index in [1.165, 1.54) is 12.1 Å². The van der Waals surface area contributed by atoms with Crippen LogP contribution in [0.3, 0.4) is 0 Å². The summed E-state index contributed by atoms with van der Waals surface area (Å²) in [4.78, 5) is 28.1. The normalized spacial score (nSPS) is 17.8. The van der Waals surface area contributed by atoms with Crippen molar-refractivity contribution in [3.8, 4) is 5.75 Å². The Labute approximate surface area is 197 Å². The number of carbonyl (C=O) groups is 2. The summed E-state index contributed by atoms with van der Waals surface area (Å²) in [6.45, 7) is 2.06. The minimum Gasteiger partial charge on any atom is -0.482 e. The molecule has 0 aromatic heterocycles. The number of ether oxygens (including phenoxy) is 1. The average molecular weight is 472 g/mol. The van der Waals surface area contributed by atoms with Crippen molar-refractivity contribution >= 4 is 29.0 Å². The van der Waals surface area contributed by atoms with Crippen LogP contribution in [0.1, 0.15) is 24.8 Å². The lowest BCUT2D eigenvalue weighted by atomic mass is 9.85. The molecule has 2 amide bonds. The van der Waals surface area contributed by atoms with Crippen molar-refractivity contribution in [2.24, 2.45) is 0 Å². The molecule has 0 radical (unpaired) electrons. The Morgan fingerprint density at radius 1 is 1.12 bits per heavy atom. The van der Waals surface area contributed by atoms with Gasteiger partial charge in [-0.2, -0.15) is 0 Å². The molecule has 0 aliphatic carbocycles. The molecular formula is C25H27ClFN3O3. The highest BCUT2D eigenvalue weighted by atomic mass is 35.5. The summed E-state index contributed by atoms with van der Waals surface area (Å²) < 4.78 is 18.8. The van der Waals surface area contributed by atoms with Gasteiger partial charge in [-0.25, -0.2) is 4.39 Å². The number of hydrogen-bond acceptors (Lipinski definition) is 4. The first-order chi connectivity index (χ1) is 16.0. The quantitative estimate of drug-likeness (QED) is 0.677. The van der Waals surface area contributed by atoms with Gasteiger partial charge in [0.2, 0.25) is 5.91 Å². The molecule has 174 valence electrons. The van der Waals surface area contributed by atoms with Crippen LogP contribution in [0.4, 0.5) is 4.39 Å². The van der Waals surface area contributed by atoms with E-state index in [0.717, 1.165) is 11.1 Å². The largest absolute Gasteiger partial charge is 0.482 e. The second-order valence-electron chi connectivity index (χ2n) is 8.34. The predicted octanol–water partition coefficient (Wildman–Crippen LogP) is 3.41. The Balaban J connectivity index is 1.42. The van der Waals surface area contributed by atoms with E-state index in [2.05, 4.69) is 10.6 Å². The highest BCUT2D eigenvalue weighted by Gasteiger charge is 2.43. The molecule has 0 spiro atoms. The third kappa shape index (κ3) is 5.54. The maximum atomic E-state index is 13.6. The van der Waals surface area contributed by atoms with Crippen LogP contribution in [0.5, 0.6) is 5.75 Å². The van der Waals surface area contributed by atoms with Gasteiger partial charge in [0.25, 0.3) is 5.91 Å². The number of carbonyl (C=O) groups excluding carboxylic acids is 2. The number of halogens is 2. The number of para-hydroxylation sites is 1. The molecule has 0 saturated carbocycles. The van der Waals surface area contributed by atoms with E-state index in [-0.39, 0.29) is 24.2 Å². The van der Waals surface area contributed by atoms with Gasteiger partial charge in [-0.3, -0.25) is 9.59 Å². The summed E-state index contributed by atoms with van der Waals surface area (Å²) in [5.74, 6) is -0.280. The van der Waals surface area contributed by atoms with Gasteiger partial charge in [0.1, 0.15) is 17.1 Å². The van der Waals surface area contributed by atoms with Crippen molar-refractivity contribution < 1.29 is 18.7 Å². The van der Waals surface area contributed by atoms with Gasteiger partial charge in [-0.1, -0.05) is 41.9 Å². The summed E-state index contributed by atoms with van der Waals surface area (Å²) in [7, 11) is 0. The van der Waals surface area contributed by atoms with Crippen molar-refractivity contribution in [3.05, 3.63) is 71.0 Å². The number of amides is 2. The Hall–Kier alpha value is -2.90. The van der Waals surface area contributed by atoms with E-state index < -0.39 is 5.54 Å². The molecule has 1 saturated heterocycles. The molecule has 2 aromatic rings. The SMILES string of the molecule is O=C(COc1ccccc1Cl)NC1(C(=O)N2CC=C(c3ccc(F)cc3)CC2)CCNCC1. The summed E-state index contributed by atoms with van der Waals surface area (Å²) in [5, 5.41) is 6.65. The fourth-order valence-electron chi connectivity index (χ4n) is 4.34. The standard InChI is InChI=1S/C25H27ClFN3O3/c26-21-3-1-2-4-22(21)33-17-23(31)29-25(11-13-28-14-12-25)24(32)30-15-9-19(10-16-30)18-5-7-20(27)8-6-18/h1-9,28H,10-17H2,(H,29,31). The number of rotatable bonds is 6. The zero-order chi connectivity index (χ0) is 23.3. The van der Waals surface area contributed by atoms with Crippen molar-refractivity contribution in [1.29, 1.82) is 0 Å². The lowest BCUT2D eigenvalue weighted by molar-refractivity contribution is -0.143. The van der Waals surface area contributed by atoms with Gasteiger partial charge in [0.15, 0.2) is 6.61 Å². The number of nitrogens with zero attached hydrogens (tertiary/aromatic N) is 1. The number of piperidine rings is 1. The van der Waals surface area contributed by atoms with Gasteiger partial charge in [0, 0.05) is 13.1 Å². The molecule has 2 N–H and O–H groups in total. The molecule has 0 atom stereocenters. The molecule has 2 aromatic carbocycles. The third-order valence-corrected chi connectivity index (χ3v) is 6.46. The first-order valence-electron chi connectivity index (χ1n) is 11.1. The highest BCUT2D eigenvalue weighted by molar-refractivity contribution is 6.32. The molecule has 33 heavy (non-hydrogen) atoms. The van der Waals surface area contributed by atoms with Crippen molar-refractivity contribution in [1.82, 2.24) is 15.5 Å². The molecule has 0 bridgehead atoms. The molecule has 6 nitrogen and oxygen atoms in total. The number of hydrogen-bond donors (Lipinski definition) is 2. The van der Waals surface area contributed by atoms with E-state index in [4.69, 9.17) is 16.3 Å². The van der Waals surface area contributed by atoms with Gasteiger partial charge in [0.05, 0.1) is 5.02 Å². The van der Waals surface area contributed by atoms with Crippen molar-refractivity contribution in [2.45, 2.75) is 24.8 Å². The minimum absolute atomic E-state index is 0.0792. The van der Waals surface area contributed by atoms with E-state index >= 15 is 0 Å². The minimum atomic E-state index is -0.965. The predicted molar refractivity (Wildman–Crippen MR) is 125 cm³/mol. The fraction of sp³-hybridized carbons (Fsp3) is 0.360. The molecular weight excluding hydrogens is 445 g/mol. The van der Waals surface area contributed by atoms with Crippen LogP contribution in [-0.2, 0) is 9.59 Å². The summed E-state index contributed by atoms with van der Waals surface area (Å²) in [6, 6.07) is 13.3. The lowest BCUT2D eigenvalue weighted by Gasteiger charge is -2.41. The van der Waals surface area contributed by atoms with Gasteiger partial charge >= 0.3 is 0 Å². The van der Waals surface area contributed by atoms with Gasteiger partial charge in [-0.15, -0.1) is 0 Å². The van der Waals surface area contributed by atoms with Crippen LogP contribution in [0.25, 0.3) is 5.57 Å². The van der Waals surface area contributed by atoms with E-state index in [9.17, 15) is 14.0 Å². The maximum absolute atomic E-state index is 13.6. The molecule has 4 rings (SSSR count). The van der Waals surface area contributed by atoms with Crippen LogP contribution < -0.4 is 15.4 Å². The topological polar surface area (TPSA) is 70.7 Å².